The number of pyridine rings is 1. The van der Waals surface area contributed by atoms with E-state index in [0.717, 1.165) is 12.1 Å². The van der Waals surface area contributed by atoms with Crippen LogP contribution in [0.4, 0.5) is 14.6 Å². The van der Waals surface area contributed by atoms with Crippen LogP contribution in [0.2, 0.25) is 0 Å². The quantitative estimate of drug-likeness (QED) is 0.562. The number of benzene rings is 1. The van der Waals surface area contributed by atoms with Crippen LogP contribution in [0, 0.1) is 11.6 Å². The second-order valence-electron chi connectivity index (χ2n) is 7.83. The minimum absolute atomic E-state index is 0.196. The van der Waals surface area contributed by atoms with Crippen molar-refractivity contribution in [2.45, 2.75) is 13.3 Å². The third-order valence-corrected chi connectivity index (χ3v) is 5.85. The van der Waals surface area contributed by atoms with Crippen molar-refractivity contribution >= 4 is 18.1 Å². The molecule has 1 fully saturated rings. The first kappa shape index (κ1) is 23.2. The Balaban J connectivity index is 1.73. The average Bonchev–Trinajstić information content (AvgIpc) is 2.87. The molecule has 0 saturated carbocycles. The Morgan fingerprint density at radius 3 is 2.32 bits per heavy atom. The number of rotatable bonds is 6. The van der Waals surface area contributed by atoms with E-state index in [-0.39, 0.29) is 18.7 Å². The molecule has 3 aromatic rings. The van der Waals surface area contributed by atoms with E-state index in [2.05, 4.69) is 20.3 Å². The Kier molecular flexibility index (Phi) is 6.76. The minimum atomic E-state index is -0.968. The van der Waals surface area contributed by atoms with Crippen LogP contribution >= 0.6 is 0 Å². The zero-order valence-corrected chi connectivity index (χ0v) is 18.9. The molecule has 1 aliphatic rings. The Hall–Kier alpha value is -3.95. The van der Waals surface area contributed by atoms with Gasteiger partial charge in [-0.3, -0.25) is 9.59 Å². The number of carbonyl (C=O) groups excluding carboxylic acids is 2. The summed E-state index contributed by atoms with van der Waals surface area (Å²) >= 11 is 0. The number of amides is 2. The van der Waals surface area contributed by atoms with Crippen molar-refractivity contribution in [2.24, 2.45) is 0 Å². The van der Waals surface area contributed by atoms with E-state index in [1.807, 2.05) is 13.0 Å². The van der Waals surface area contributed by atoms with Crippen LogP contribution in [-0.2, 0) is 11.2 Å². The number of anilines is 1. The highest BCUT2D eigenvalue weighted by Gasteiger charge is 2.28. The summed E-state index contributed by atoms with van der Waals surface area (Å²) in [5.41, 5.74) is 1.97. The molecule has 1 saturated heterocycles. The molecule has 10 heteroatoms. The third kappa shape index (κ3) is 4.43. The van der Waals surface area contributed by atoms with E-state index in [0.29, 0.717) is 54.3 Å². The summed E-state index contributed by atoms with van der Waals surface area (Å²) < 4.78 is 30.3. The molecule has 4 rings (SSSR count). The lowest BCUT2D eigenvalue weighted by molar-refractivity contribution is -0.119. The molecular formula is C24H24F2N6O2. The number of aromatic nitrogens is 3. The van der Waals surface area contributed by atoms with Crippen LogP contribution in [0.3, 0.4) is 0 Å². The van der Waals surface area contributed by atoms with Gasteiger partial charge in [-0.05, 0) is 30.7 Å². The summed E-state index contributed by atoms with van der Waals surface area (Å²) in [5, 5.41) is 2.95. The Morgan fingerprint density at radius 1 is 1.06 bits per heavy atom. The second kappa shape index (κ2) is 9.90. The molecule has 0 aliphatic carbocycles. The van der Waals surface area contributed by atoms with Gasteiger partial charge in [0.15, 0.2) is 0 Å². The van der Waals surface area contributed by atoms with Gasteiger partial charge in [-0.15, -0.1) is 0 Å². The molecule has 34 heavy (non-hydrogen) atoms. The molecule has 3 heterocycles. The van der Waals surface area contributed by atoms with Crippen molar-refractivity contribution in [1.29, 1.82) is 0 Å². The topological polar surface area (TPSA) is 91.3 Å². The summed E-state index contributed by atoms with van der Waals surface area (Å²) in [5.74, 6) is -2.00. The molecule has 1 aliphatic heterocycles. The first-order valence-electron chi connectivity index (χ1n) is 10.9. The molecule has 1 aromatic carbocycles. The largest absolute Gasteiger partial charge is 0.373 e. The Morgan fingerprint density at radius 2 is 1.76 bits per heavy atom. The normalized spacial score (nSPS) is 13.6. The summed E-state index contributed by atoms with van der Waals surface area (Å²) in [4.78, 5) is 39.6. The predicted molar refractivity (Wildman–Crippen MR) is 123 cm³/mol. The lowest BCUT2D eigenvalue weighted by atomic mass is 9.96. The van der Waals surface area contributed by atoms with Gasteiger partial charge in [0.05, 0.1) is 11.4 Å². The predicted octanol–water partition coefficient (Wildman–Crippen LogP) is 3.00. The summed E-state index contributed by atoms with van der Waals surface area (Å²) in [6.07, 6.45) is 4.28. The molecule has 2 amide bonds. The fourth-order valence-corrected chi connectivity index (χ4v) is 4.00. The maximum atomic E-state index is 15.1. The van der Waals surface area contributed by atoms with Gasteiger partial charge < -0.3 is 15.1 Å². The van der Waals surface area contributed by atoms with Crippen molar-refractivity contribution < 1.29 is 18.4 Å². The lowest BCUT2D eigenvalue weighted by Crippen LogP contribution is -2.48. The smallest absolute Gasteiger partial charge is 0.259 e. The van der Waals surface area contributed by atoms with Crippen molar-refractivity contribution in [2.75, 3.05) is 38.5 Å². The highest BCUT2D eigenvalue weighted by Crippen LogP contribution is 2.34. The monoisotopic (exact) mass is 466 g/mol. The number of nitrogens with zero attached hydrogens (tertiary/aromatic N) is 5. The van der Waals surface area contributed by atoms with E-state index in [1.54, 1.807) is 19.3 Å². The van der Waals surface area contributed by atoms with E-state index >= 15 is 8.78 Å². The van der Waals surface area contributed by atoms with Gasteiger partial charge in [0.25, 0.3) is 5.91 Å². The van der Waals surface area contributed by atoms with Crippen LogP contribution in [-0.4, -0.2) is 70.3 Å². The van der Waals surface area contributed by atoms with E-state index in [1.165, 1.54) is 16.1 Å². The van der Waals surface area contributed by atoms with Gasteiger partial charge in [-0.1, -0.05) is 6.92 Å². The van der Waals surface area contributed by atoms with Crippen LogP contribution in [0.1, 0.15) is 23.0 Å². The second-order valence-corrected chi connectivity index (χ2v) is 7.83. The fraction of sp³-hybridized carbons (Fsp3) is 0.292. The van der Waals surface area contributed by atoms with Crippen LogP contribution in [0.25, 0.3) is 22.4 Å². The van der Waals surface area contributed by atoms with Crippen LogP contribution in [0.15, 0.2) is 36.8 Å². The molecule has 0 atom stereocenters. The van der Waals surface area contributed by atoms with Crippen molar-refractivity contribution in [1.82, 2.24) is 24.8 Å². The first-order chi connectivity index (χ1) is 16.5. The number of nitrogens with one attached hydrogen (secondary N) is 1. The van der Waals surface area contributed by atoms with Gasteiger partial charge in [-0.2, -0.15) is 0 Å². The molecule has 0 spiro atoms. The zero-order valence-electron chi connectivity index (χ0n) is 18.9. The van der Waals surface area contributed by atoms with E-state index in [4.69, 9.17) is 0 Å². The molecule has 2 aromatic heterocycles. The number of aryl methyl sites for hydroxylation is 1. The number of piperazine rings is 1. The number of hydrogen-bond acceptors (Lipinski definition) is 6. The van der Waals surface area contributed by atoms with Gasteiger partial charge in [-0.25, -0.2) is 23.7 Å². The van der Waals surface area contributed by atoms with Crippen molar-refractivity contribution in [3.63, 3.8) is 0 Å². The molecule has 0 radical (unpaired) electrons. The Labute approximate surface area is 195 Å². The zero-order chi connectivity index (χ0) is 24.2. The highest BCUT2D eigenvalue weighted by molar-refractivity contribution is 5.96. The summed E-state index contributed by atoms with van der Waals surface area (Å²) in [6.45, 7) is 2.99. The van der Waals surface area contributed by atoms with Gasteiger partial charge in [0, 0.05) is 56.1 Å². The summed E-state index contributed by atoms with van der Waals surface area (Å²) in [7, 11) is 1.76. The van der Waals surface area contributed by atoms with Crippen molar-refractivity contribution in [3.05, 3.63) is 59.7 Å². The fourth-order valence-electron chi connectivity index (χ4n) is 4.00. The molecule has 8 nitrogen and oxygen atoms in total. The lowest BCUT2D eigenvalue weighted by Gasteiger charge is -2.32. The van der Waals surface area contributed by atoms with Crippen LogP contribution < -0.4 is 5.32 Å². The molecule has 1 N–H and O–H groups in total. The average molecular weight is 466 g/mol. The molecule has 176 valence electrons. The molecule has 0 bridgehead atoms. The number of hydrogen-bond donors (Lipinski definition) is 1. The minimum Gasteiger partial charge on any atom is -0.373 e. The highest BCUT2D eigenvalue weighted by atomic mass is 19.1. The first-order valence-corrected chi connectivity index (χ1v) is 10.9. The van der Waals surface area contributed by atoms with E-state index < -0.39 is 23.1 Å². The molecule has 0 unspecified atom stereocenters. The summed E-state index contributed by atoms with van der Waals surface area (Å²) in [6, 6.07) is 5.87. The van der Waals surface area contributed by atoms with Crippen molar-refractivity contribution in [3.8, 4) is 22.4 Å². The van der Waals surface area contributed by atoms with Crippen LogP contribution in [0.5, 0.6) is 0 Å². The maximum Gasteiger partial charge on any atom is 0.259 e. The maximum absolute atomic E-state index is 15.1. The third-order valence-electron chi connectivity index (χ3n) is 5.85. The molecular weight excluding hydrogens is 442 g/mol. The SMILES string of the molecule is CCc1ncnc(-c2cc(F)c(C(=O)N3CCN(C=O)CC3)c(F)c2)c1-c1ccc(NC)nc1. The van der Waals surface area contributed by atoms with Gasteiger partial charge >= 0.3 is 0 Å². The van der Waals surface area contributed by atoms with E-state index in [9.17, 15) is 9.59 Å². The number of carbonyl (C=O) groups is 2. The van der Waals surface area contributed by atoms with Gasteiger partial charge in [0.1, 0.15) is 29.3 Å². The van der Waals surface area contributed by atoms with Gasteiger partial charge in [0.2, 0.25) is 6.41 Å². The standard InChI is InChI=1S/C24H24F2N6O2/c1-3-19-21(15-4-5-20(27-2)28-12-15)23(30-13-29-19)16-10-17(25)22(18(26)11-16)24(34)32-8-6-31(14-33)7-9-32/h4-5,10-14H,3,6-9H2,1-2H3,(H,27,28). The Bertz CT molecular complexity index is 1190. The number of halogens is 2.